The maximum atomic E-state index is 13.4. The topological polar surface area (TPSA) is 75.2 Å². The fraction of sp³-hybridized carbons (Fsp3) is 0.429. The minimum absolute atomic E-state index is 0.193. The van der Waals surface area contributed by atoms with Crippen molar-refractivity contribution in [2.24, 2.45) is 0 Å². The number of hydrogen-bond donors (Lipinski definition) is 3. The van der Waals surface area contributed by atoms with Crippen LogP contribution in [0.15, 0.2) is 53.4 Å². The first-order chi connectivity index (χ1) is 18.0. The van der Waals surface area contributed by atoms with E-state index >= 15 is 0 Å². The van der Waals surface area contributed by atoms with Gasteiger partial charge in [-0.25, -0.2) is 8.42 Å². The van der Waals surface area contributed by atoms with E-state index in [4.69, 9.17) is 0 Å². The molecule has 0 radical (unpaired) electrons. The van der Waals surface area contributed by atoms with Crippen LogP contribution in [0.25, 0.3) is 10.9 Å². The van der Waals surface area contributed by atoms with Gasteiger partial charge in [0.05, 0.1) is 22.7 Å². The number of sulfone groups is 1. The van der Waals surface area contributed by atoms with Crippen molar-refractivity contribution in [2.75, 3.05) is 37.5 Å². The van der Waals surface area contributed by atoms with E-state index in [9.17, 15) is 21.6 Å². The molecule has 6 nitrogen and oxygen atoms in total. The van der Waals surface area contributed by atoms with Crippen LogP contribution in [-0.4, -0.2) is 52.1 Å². The molecular formula is C28H35F3N4O2S. The number of alkyl halides is 3. The van der Waals surface area contributed by atoms with Crippen molar-refractivity contribution in [1.29, 1.82) is 0 Å². The highest BCUT2D eigenvalue weighted by molar-refractivity contribution is 7.90. The van der Waals surface area contributed by atoms with Gasteiger partial charge in [-0.05, 0) is 75.3 Å². The third-order valence-electron chi connectivity index (χ3n) is 6.13. The first-order valence-electron chi connectivity index (χ1n) is 12.6. The molecule has 2 aromatic carbocycles. The number of nitrogens with zero attached hydrogens (tertiary/aromatic N) is 1. The van der Waals surface area contributed by atoms with E-state index in [0.29, 0.717) is 22.9 Å². The first-order valence-corrected chi connectivity index (χ1v) is 14.5. The number of fused-ring (bicyclic) bond motifs is 1. The van der Waals surface area contributed by atoms with E-state index in [-0.39, 0.29) is 11.4 Å². The van der Waals surface area contributed by atoms with Gasteiger partial charge in [-0.3, -0.25) is 0 Å². The van der Waals surface area contributed by atoms with Crippen LogP contribution in [0.2, 0.25) is 0 Å². The summed E-state index contributed by atoms with van der Waals surface area (Å²) in [5, 5.41) is 10.1. The number of nitrogens with one attached hydrogen (secondary N) is 3. The molecule has 0 amide bonds. The summed E-state index contributed by atoms with van der Waals surface area (Å²) in [6.45, 7) is -0.924. The Hall–Kier alpha value is -3.16. The van der Waals surface area contributed by atoms with E-state index in [1.54, 1.807) is 30.3 Å². The largest absolute Gasteiger partial charge is 0.406 e. The second-order valence-electron chi connectivity index (χ2n) is 9.40. The molecule has 1 heterocycles. The predicted octanol–water partition coefficient (Wildman–Crippen LogP) is 5.65. The highest BCUT2D eigenvalue weighted by atomic mass is 32.2. The average molecular weight is 549 g/mol. The lowest BCUT2D eigenvalue weighted by atomic mass is 9.95. The van der Waals surface area contributed by atoms with Crippen LogP contribution in [0.4, 0.5) is 24.5 Å². The lowest BCUT2D eigenvalue weighted by Crippen LogP contribution is -2.22. The van der Waals surface area contributed by atoms with Crippen molar-refractivity contribution in [1.82, 2.24) is 9.88 Å². The lowest BCUT2D eigenvalue weighted by Gasteiger charge is -2.24. The van der Waals surface area contributed by atoms with Gasteiger partial charge in [-0.1, -0.05) is 31.2 Å². The summed E-state index contributed by atoms with van der Waals surface area (Å²) in [6.07, 6.45) is 2.41. The van der Waals surface area contributed by atoms with Crippen LogP contribution in [-0.2, 0) is 16.4 Å². The van der Waals surface area contributed by atoms with Crippen LogP contribution >= 0.6 is 0 Å². The van der Waals surface area contributed by atoms with Gasteiger partial charge in [-0.2, -0.15) is 13.2 Å². The molecule has 1 saturated carbocycles. The Morgan fingerprint density at radius 3 is 2.29 bits per heavy atom. The molecule has 38 heavy (non-hydrogen) atoms. The molecule has 3 N–H and O–H groups in total. The van der Waals surface area contributed by atoms with Gasteiger partial charge in [0.2, 0.25) is 0 Å². The van der Waals surface area contributed by atoms with Crippen LogP contribution in [0.5, 0.6) is 0 Å². The minimum Gasteiger partial charge on any atom is -0.382 e. The minimum atomic E-state index is -4.38. The summed E-state index contributed by atoms with van der Waals surface area (Å²) in [7, 11) is 0.468. The Morgan fingerprint density at radius 1 is 1.03 bits per heavy atom. The Kier molecular flexibility index (Phi) is 10.1. The molecule has 1 fully saturated rings. The summed E-state index contributed by atoms with van der Waals surface area (Å²) in [4.78, 5) is 0.212. The van der Waals surface area contributed by atoms with Crippen LogP contribution in [0.1, 0.15) is 37.8 Å². The summed E-state index contributed by atoms with van der Waals surface area (Å²) in [5.41, 5.74) is 2.30. The third kappa shape index (κ3) is 8.43. The number of anilines is 2. The average Bonchev–Trinajstić information content (AvgIpc) is 3.19. The molecule has 1 aliphatic carbocycles. The molecule has 0 unspecified atom stereocenters. The molecule has 10 heteroatoms. The van der Waals surface area contributed by atoms with Crippen LogP contribution in [0, 0.1) is 11.8 Å². The number of halogens is 3. The van der Waals surface area contributed by atoms with Crippen LogP contribution < -0.4 is 16.0 Å². The number of hydrogen-bond acceptors (Lipinski definition) is 5. The molecule has 0 saturated heterocycles. The SMILES string of the molecule is CNC.CS(=O)(=O)c1ccc(NCC#Cc2cc3c(NC4CCCCC4)cccc3n2CC(F)(F)F)cc1. The second kappa shape index (κ2) is 13.1. The molecular weight excluding hydrogens is 513 g/mol. The maximum Gasteiger partial charge on any atom is 0.406 e. The maximum absolute atomic E-state index is 13.4. The molecule has 0 spiro atoms. The summed E-state index contributed by atoms with van der Waals surface area (Å²) < 4.78 is 64.5. The van der Waals surface area contributed by atoms with Crippen molar-refractivity contribution in [3.63, 3.8) is 0 Å². The fourth-order valence-corrected chi connectivity index (χ4v) is 5.06. The molecule has 0 atom stereocenters. The van der Waals surface area contributed by atoms with Gasteiger partial charge >= 0.3 is 6.18 Å². The smallest absolute Gasteiger partial charge is 0.382 e. The highest BCUT2D eigenvalue weighted by Gasteiger charge is 2.30. The van der Waals surface area contributed by atoms with Gasteiger partial charge in [0.25, 0.3) is 0 Å². The molecule has 0 bridgehead atoms. The summed E-state index contributed by atoms with van der Waals surface area (Å²) >= 11 is 0. The molecule has 206 valence electrons. The fourth-order valence-electron chi connectivity index (χ4n) is 4.43. The molecule has 1 aromatic heterocycles. The van der Waals surface area contributed by atoms with Crippen molar-refractivity contribution in [3.05, 3.63) is 54.2 Å². The van der Waals surface area contributed by atoms with Gasteiger partial charge in [0.15, 0.2) is 9.84 Å². The van der Waals surface area contributed by atoms with Gasteiger partial charge in [0.1, 0.15) is 6.54 Å². The van der Waals surface area contributed by atoms with Gasteiger partial charge in [-0.15, -0.1) is 0 Å². The quantitative estimate of drug-likeness (QED) is 0.347. The molecule has 3 aromatic rings. The molecule has 4 rings (SSSR count). The first kappa shape index (κ1) is 29.4. The Balaban J connectivity index is 0.00000127. The Bertz CT molecular complexity index is 1370. The monoisotopic (exact) mass is 548 g/mol. The van der Waals surface area contributed by atoms with Crippen molar-refractivity contribution in [3.8, 4) is 11.8 Å². The van der Waals surface area contributed by atoms with E-state index in [2.05, 4.69) is 27.8 Å². The lowest BCUT2D eigenvalue weighted by molar-refractivity contribution is -0.140. The summed E-state index contributed by atoms with van der Waals surface area (Å²) in [6, 6.07) is 13.7. The zero-order valence-corrected chi connectivity index (χ0v) is 22.8. The standard InChI is InChI=1S/C26H28F3N3O2S.C2H7N/c1-35(33,34)22-14-12-19(13-15-22)30-16-6-9-21-17-23-24(31-20-7-3-2-4-8-20)10-5-11-25(23)32(21)18-26(27,28)29;1-3-2/h5,10-15,17,20,30-31H,2-4,7-8,16,18H2,1H3;3H,1-2H3. The normalized spacial score (nSPS) is 14.3. The van der Waals surface area contributed by atoms with Crippen molar-refractivity contribution in [2.45, 2.75) is 55.8 Å². The number of rotatable bonds is 6. The number of benzene rings is 2. The van der Waals surface area contributed by atoms with Crippen LogP contribution in [0.3, 0.4) is 0 Å². The van der Waals surface area contributed by atoms with E-state index < -0.39 is 22.6 Å². The number of aromatic nitrogens is 1. The molecule has 1 aliphatic rings. The van der Waals surface area contributed by atoms with E-state index in [1.807, 2.05) is 20.2 Å². The van der Waals surface area contributed by atoms with Crippen molar-refractivity contribution >= 4 is 32.1 Å². The Morgan fingerprint density at radius 2 is 1.68 bits per heavy atom. The molecule has 0 aliphatic heterocycles. The summed E-state index contributed by atoms with van der Waals surface area (Å²) in [5.74, 6) is 5.78. The van der Waals surface area contributed by atoms with E-state index in [1.165, 1.54) is 23.1 Å². The van der Waals surface area contributed by atoms with Gasteiger partial charge < -0.3 is 20.5 Å². The predicted molar refractivity (Wildman–Crippen MR) is 148 cm³/mol. The third-order valence-corrected chi connectivity index (χ3v) is 7.26. The van der Waals surface area contributed by atoms with E-state index in [0.717, 1.165) is 43.0 Å². The van der Waals surface area contributed by atoms with Crippen molar-refractivity contribution < 1.29 is 21.6 Å². The second-order valence-corrected chi connectivity index (χ2v) is 11.4. The highest BCUT2D eigenvalue weighted by Crippen LogP contribution is 2.32. The van der Waals surface area contributed by atoms with Gasteiger partial charge in [0, 0.05) is 29.1 Å². The Labute approximate surface area is 222 Å². The zero-order chi connectivity index (χ0) is 27.8. The zero-order valence-electron chi connectivity index (χ0n) is 22.0.